The van der Waals surface area contributed by atoms with E-state index in [1.165, 1.54) is 18.2 Å². The molecular weight excluding hydrogens is 262 g/mol. The van der Waals surface area contributed by atoms with Gasteiger partial charge in [-0.3, -0.25) is 0 Å². The van der Waals surface area contributed by atoms with Gasteiger partial charge in [0.1, 0.15) is 5.54 Å². The van der Waals surface area contributed by atoms with E-state index in [0.717, 1.165) is 12.1 Å². The van der Waals surface area contributed by atoms with Crippen LogP contribution >= 0.6 is 0 Å². The van der Waals surface area contributed by atoms with E-state index in [4.69, 9.17) is 4.74 Å². The monoisotopic (exact) mass is 289 g/mol. The molecule has 1 aromatic rings. The Kier molecular flexibility index (Phi) is 3.81. The summed E-state index contributed by atoms with van der Waals surface area (Å²) in [6.45, 7) is 12.7. The Morgan fingerprint density at radius 2 is 2.00 bits per heavy atom. The third-order valence-electron chi connectivity index (χ3n) is 4.61. The summed E-state index contributed by atoms with van der Waals surface area (Å²) in [6.07, 6.45) is 1.02. The van der Waals surface area contributed by atoms with Gasteiger partial charge in [0.25, 0.3) is 0 Å². The molecule has 21 heavy (non-hydrogen) atoms. The molecule has 0 amide bonds. The molecule has 0 N–H and O–H groups in total. The minimum atomic E-state index is -0.694. The van der Waals surface area contributed by atoms with Crippen LogP contribution in [0.1, 0.15) is 58.1 Å². The first-order chi connectivity index (χ1) is 9.61. The minimum Gasteiger partial charge on any atom is -0.467 e. The summed E-state index contributed by atoms with van der Waals surface area (Å²) in [5.41, 5.74) is 2.90. The second kappa shape index (κ2) is 5.04. The quantitative estimate of drug-likeness (QED) is 0.770. The number of carbonyl (C=O) groups excluding carboxylic acids is 1. The molecule has 0 radical (unpaired) electrons. The van der Waals surface area contributed by atoms with Crippen molar-refractivity contribution in [2.75, 3.05) is 12.0 Å². The Balaban J connectivity index is 2.65. The average molecular weight is 289 g/mol. The maximum Gasteiger partial charge on any atom is 0.331 e. The third-order valence-corrected chi connectivity index (χ3v) is 4.61. The summed E-state index contributed by atoms with van der Waals surface area (Å²) in [5, 5.41) is 0. The maximum absolute atomic E-state index is 12.3. The first-order valence-corrected chi connectivity index (χ1v) is 7.60. The van der Waals surface area contributed by atoms with Gasteiger partial charge in [0.15, 0.2) is 0 Å². The first kappa shape index (κ1) is 15.9. The van der Waals surface area contributed by atoms with Gasteiger partial charge in [0.2, 0.25) is 0 Å². The van der Waals surface area contributed by atoms with Crippen LogP contribution in [0.2, 0.25) is 0 Å². The molecule has 1 aromatic carbocycles. The fourth-order valence-corrected chi connectivity index (χ4v) is 3.94. The number of anilines is 1. The van der Waals surface area contributed by atoms with Crippen LogP contribution in [0.4, 0.5) is 5.69 Å². The van der Waals surface area contributed by atoms with Gasteiger partial charge < -0.3 is 9.64 Å². The normalized spacial score (nSPS) is 20.9. The van der Waals surface area contributed by atoms with Crippen molar-refractivity contribution < 1.29 is 9.53 Å². The van der Waals surface area contributed by atoms with E-state index in [1.807, 2.05) is 13.8 Å². The predicted octanol–water partition coefficient (Wildman–Crippen LogP) is 4.04. The van der Waals surface area contributed by atoms with Gasteiger partial charge in [0.05, 0.1) is 7.11 Å². The fraction of sp³-hybridized carbons (Fsp3) is 0.611. The minimum absolute atomic E-state index is 0.0993. The van der Waals surface area contributed by atoms with E-state index in [-0.39, 0.29) is 11.5 Å². The van der Waals surface area contributed by atoms with Crippen LogP contribution in [0.5, 0.6) is 0 Å². The molecule has 0 bridgehead atoms. The number of methoxy groups -OCH3 is 1. The number of fused-ring (bicyclic) bond motifs is 1. The number of ether oxygens (including phenoxy) is 1. The molecule has 0 saturated carbocycles. The van der Waals surface area contributed by atoms with Gasteiger partial charge in [0, 0.05) is 11.2 Å². The maximum atomic E-state index is 12.3. The van der Waals surface area contributed by atoms with E-state index < -0.39 is 5.54 Å². The van der Waals surface area contributed by atoms with Crippen molar-refractivity contribution in [1.29, 1.82) is 0 Å². The molecule has 1 aliphatic heterocycles. The number of nitrogens with zero attached hydrogens (tertiary/aromatic N) is 1. The zero-order valence-corrected chi connectivity index (χ0v) is 14.3. The van der Waals surface area contributed by atoms with E-state index in [9.17, 15) is 4.79 Å². The average Bonchev–Trinajstić information content (AvgIpc) is 2.35. The van der Waals surface area contributed by atoms with Crippen molar-refractivity contribution in [3.63, 3.8) is 0 Å². The highest BCUT2D eigenvalue weighted by atomic mass is 16.5. The summed E-state index contributed by atoms with van der Waals surface area (Å²) in [6, 6.07) is 6.54. The molecule has 0 spiro atoms. The van der Waals surface area contributed by atoms with Crippen LogP contribution in [0.25, 0.3) is 0 Å². The summed E-state index contributed by atoms with van der Waals surface area (Å²) >= 11 is 0. The largest absolute Gasteiger partial charge is 0.467 e. The fourth-order valence-electron chi connectivity index (χ4n) is 3.94. The van der Waals surface area contributed by atoms with Gasteiger partial charge in [-0.1, -0.05) is 19.1 Å². The lowest BCUT2D eigenvalue weighted by molar-refractivity contribution is -0.146. The molecule has 1 heterocycles. The molecule has 0 unspecified atom stereocenters. The molecule has 0 aromatic heterocycles. The van der Waals surface area contributed by atoms with Crippen molar-refractivity contribution in [2.24, 2.45) is 0 Å². The van der Waals surface area contributed by atoms with E-state index >= 15 is 0 Å². The first-order valence-electron chi connectivity index (χ1n) is 7.60. The van der Waals surface area contributed by atoms with Gasteiger partial charge in [-0.25, -0.2) is 4.79 Å². The van der Waals surface area contributed by atoms with Crippen molar-refractivity contribution in [1.82, 2.24) is 0 Å². The smallest absolute Gasteiger partial charge is 0.331 e. The molecule has 0 fully saturated rings. The number of esters is 1. The Hall–Kier alpha value is -1.51. The highest BCUT2D eigenvalue weighted by Crippen LogP contribution is 2.47. The zero-order valence-electron chi connectivity index (χ0n) is 14.3. The number of benzene rings is 1. The van der Waals surface area contributed by atoms with Crippen LogP contribution in [-0.2, 0) is 9.53 Å². The predicted molar refractivity (Wildman–Crippen MR) is 86.9 cm³/mol. The van der Waals surface area contributed by atoms with Gasteiger partial charge >= 0.3 is 5.97 Å². The lowest BCUT2D eigenvalue weighted by Gasteiger charge is -2.53. The molecule has 1 aliphatic rings. The number of rotatable bonds is 2. The highest BCUT2D eigenvalue weighted by molar-refractivity contribution is 5.86. The van der Waals surface area contributed by atoms with Crippen molar-refractivity contribution in [3.8, 4) is 0 Å². The summed E-state index contributed by atoms with van der Waals surface area (Å²) in [4.78, 5) is 14.6. The molecule has 0 aliphatic carbocycles. The second-order valence-corrected chi connectivity index (χ2v) is 7.37. The van der Waals surface area contributed by atoms with Crippen molar-refractivity contribution in [3.05, 3.63) is 29.3 Å². The molecule has 3 heteroatoms. The number of hydrogen-bond donors (Lipinski definition) is 0. The molecular formula is C18H27NO2. The van der Waals surface area contributed by atoms with Crippen LogP contribution in [0.15, 0.2) is 18.2 Å². The lowest BCUT2D eigenvalue weighted by Crippen LogP contribution is -2.62. The lowest BCUT2D eigenvalue weighted by atomic mass is 9.77. The Labute approximate surface area is 128 Å². The summed E-state index contributed by atoms with van der Waals surface area (Å²) < 4.78 is 5.05. The van der Waals surface area contributed by atoms with Crippen molar-refractivity contribution in [2.45, 2.75) is 65.0 Å². The SMILES string of the molecule is COC(=O)C(C)(C)N1c2cc(C)ccc2[C@@H](C)CC1(C)C. The number of hydrogen-bond acceptors (Lipinski definition) is 3. The second-order valence-electron chi connectivity index (χ2n) is 7.37. The van der Waals surface area contributed by atoms with Gasteiger partial charge in [-0.2, -0.15) is 0 Å². The molecule has 2 rings (SSSR count). The summed E-state index contributed by atoms with van der Waals surface area (Å²) in [5.74, 6) is 0.290. The van der Waals surface area contributed by atoms with E-state index in [1.54, 1.807) is 0 Å². The van der Waals surface area contributed by atoms with Crippen LogP contribution < -0.4 is 4.90 Å². The Morgan fingerprint density at radius 3 is 2.57 bits per heavy atom. The van der Waals surface area contributed by atoms with Gasteiger partial charge in [-0.15, -0.1) is 0 Å². The van der Waals surface area contributed by atoms with Crippen LogP contribution in [-0.4, -0.2) is 24.2 Å². The van der Waals surface area contributed by atoms with Gasteiger partial charge in [-0.05, 0) is 64.2 Å². The summed E-state index contributed by atoms with van der Waals surface area (Å²) in [7, 11) is 1.46. The third kappa shape index (κ3) is 2.54. The number of carbonyl (C=O) groups is 1. The topological polar surface area (TPSA) is 29.5 Å². The zero-order chi connectivity index (χ0) is 16.0. The van der Waals surface area contributed by atoms with E-state index in [0.29, 0.717) is 5.92 Å². The molecule has 3 nitrogen and oxygen atoms in total. The van der Waals surface area contributed by atoms with Crippen LogP contribution in [0.3, 0.4) is 0 Å². The molecule has 1 atom stereocenters. The number of aryl methyl sites for hydroxylation is 1. The standard InChI is InChI=1S/C18H27NO2/c1-12-8-9-14-13(2)11-17(3,4)19(15(14)10-12)18(5,6)16(20)21-7/h8-10,13H,11H2,1-7H3/t13-/m0/s1. The van der Waals surface area contributed by atoms with Crippen molar-refractivity contribution >= 4 is 11.7 Å². The molecule has 0 saturated heterocycles. The van der Waals surface area contributed by atoms with Crippen LogP contribution in [0, 0.1) is 6.92 Å². The Morgan fingerprint density at radius 1 is 1.38 bits per heavy atom. The highest BCUT2D eigenvalue weighted by Gasteiger charge is 2.47. The Bertz CT molecular complexity index is 560. The van der Waals surface area contributed by atoms with E-state index in [2.05, 4.69) is 50.8 Å². The molecule has 116 valence electrons.